The molecule has 0 saturated carbocycles. The van der Waals surface area contributed by atoms with E-state index >= 15 is 0 Å². The minimum atomic E-state index is -0.479. The van der Waals surface area contributed by atoms with E-state index < -0.39 is 11.6 Å². The highest BCUT2D eigenvalue weighted by Gasteiger charge is 2.28. The SMILES string of the molecule is Cc1ccc([C@H]2c3cccn3CCCN2Cc2c(F)cccc2F)cc1. The van der Waals surface area contributed by atoms with Crippen molar-refractivity contribution < 1.29 is 8.78 Å². The van der Waals surface area contributed by atoms with Gasteiger partial charge < -0.3 is 4.57 Å². The Labute approximate surface area is 152 Å². The summed E-state index contributed by atoms with van der Waals surface area (Å²) in [5.41, 5.74) is 3.66. The lowest BCUT2D eigenvalue weighted by Crippen LogP contribution is -2.30. The molecule has 0 unspecified atom stereocenters. The molecule has 2 aromatic carbocycles. The summed E-state index contributed by atoms with van der Waals surface area (Å²) < 4.78 is 30.8. The van der Waals surface area contributed by atoms with Crippen LogP contribution in [0.15, 0.2) is 60.8 Å². The van der Waals surface area contributed by atoms with Gasteiger partial charge in [-0.3, -0.25) is 4.90 Å². The van der Waals surface area contributed by atoms with Crippen molar-refractivity contribution in [3.8, 4) is 0 Å². The van der Waals surface area contributed by atoms with Gasteiger partial charge in [0.15, 0.2) is 0 Å². The van der Waals surface area contributed by atoms with Crippen LogP contribution in [0.2, 0.25) is 0 Å². The van der Waals surface area contributed by atoms with Gasteiger partial charge in [-0.25, -0.2) is 8.78 Å². The topological polar surface area (TPSA) is 8.17 Å². The predicted octanol–water partition coefficient (Wildman–Crippen LogP) is 5.07. The third-order valence-corrected chi connectivity index (χ3v) is 5.17. The van der Waals surface area contributed by atoms with Gasteiger partial charge >= 0.3 is 0 Å². The van der Waals surface area contributed by atoms with E-state index in [1.54, 1.807) is 0 Å². The molecular weight excluding hydrogens is 330 g/mol. The molecule has 2 nitrogen and oxygen atoms in total. The largest absolute Gasteiger partial charge is 0.350 e. The first-order chi connectivity index (χ1) is 12.6. The molecule has 0 bridgehead atoms. The standard InChI is InChI=1S/C22H22F2N2/c1-16-8-10-17(11-9-16)22-21-7-3-12-25(21)13-4-14-26(22)15-18-19(23)5-2-6-20(18)24/h2-3,5-12,22H,4,13-15H2,1H3/t22-/m0/s1. The molecule has 1 aliphatic heterocycles. The van der Waals surface area contributed by atoms with Crippen molar-refractivity contribution in [1.29, 1.82) is 0 Å². The van der Waals surface area contributed by atoms with E-state index in [0.717, 1.165) is 25.1 Å². The number of nitrogens with zero attached hydrogens (tertiary/aromatic N) is 2. The van der Waals surface area contributed by atoms with E-state index in [-0.39, 0.29) is 18.2 Å². The second kappa shape index (κ2) is 7.04. The van der Waals surface area contributed by atoms with Gasteiger partial charge in [-0.1, -0.05) is 35.9 Å². The van der Waals surface area contributed by atoms with E-state index in [0.29, 0.717) is 0 Å². The zero-order valence-electron chi connectivity index (χ0n) is 14.8. The molecule has 4 rings (SSSR count). The van der Waals surface area contributed by atoms with Gasteiger partial charge in [0.1, 0.15) is 11.6 Å². The minimum absolute atomic E-state index is 0.0212. The number of fused-ring (bicyclic) bond motifs is 1. The van der Waals surface area contributed by atoms with E-state index in [1.807, 2.05) is 6.07 Å². The van der Waals surface area contributed by atoms with Gasteiger partial charge in [0.2, 0.25) is 0 Å². The molecule has 0 saturated heterocycles. The highest BCUT2D eigenvalue weighted by Crippen LogP contribution is 2.33. The maximum absolute atomic E-state index is 14.3. The Morgan fingerprint density at radius 2 is 1.65 bits per heavy atom. The van der Waals surface area contributed by atoms with Crippen molar-refractivity contribution in [2.24, 2.45) is 0 Å². The first kappa shape index (κ1) is 17.0. The molecule has 4 heteroatoms. The molecule has 0 radical (unpaired) electrons. The van der Waals surface area contributed by atoms with Crippen LogP contribution in [0.3, 0.4) is 0 Å². The summed E-state index contributed by atoms with van der Waals surface area (Å²) in [6, 6.07) is 16.6. The zero-order valence-corrected chi connectivity index (χ0v) is 14.8. The first-order valence-electron chi connectivity index (χ1n) is 9.02. The van der Waals surface area contributed by atoms with Crippen LogP contribution in [-0.2, 0) is 13.1 Å². The van der Waals surface area contributed by atoms with Crippen LogP contribution in [0, 0.1) is 18.6 Å². The maximum atomic E-state index is 14.3. The van der Waals surface area contributed by atoms with Crippen molar-refractivity contribution in [3.63, 3.8) is 0 Å². The molecule has 1 aromatic heterocycles. The van der Waals surface area contributed by atoms with Gasteiger partial charge in [-0.15, -0.1) is 0 Å². The molecule has 0 N–H and O–H groups in total. The number of benzene rings is 2. The minimum Gasteiger partial charge on any atom is -0.350 e. The number of hydrogen-bond acceptors (Lipinski definition) is 1. The summed E-state index contributed by atoms with van der Waals surface area (Å²) in [5, 5.41) is 0. The summed E-state index contributed by atoms with van der Waals surface area (Å²) in [6.07, 6.45) is 3.03. The fourth-order valence-corrected chi connectivity index (χ4v) is 3.83. The third-order valence-electron chi connectivity index (χ3n) is 5.17. The van der Waals surface area contributed by atoms with Gasteiger partial charge in [-0.05, 0) is 43.2 Å². The van der Waals surface area contributed by atoms with Crippen LogP contribution >= 0.6 is 0 Å². The lowest BCUT2D eigenvalue weighted by molar-refractivity contribution is 0.214. The monoisotopic (exact) mass is 352 g/mol. The molecule has 3 aromatic rings. The first-order valence-corrected chi connectivity index (χ1v) is 9.02. The van der Waals surface area contributed by atoms with Crippen molar-refractivity contribution in [1.82, 2.24) is 9.47 Å². The number of aromatic nitrogens is 1. The molecule has 134 valence electrons. The Bertz CT molecular complexity index is 879. The van der Waals surface area contributed by atoms with Gasteiger partial charge in [0.05, 0.1) is 6.04 Å². The number of rotatable bonds is 3. The van der Waals surface area contributed by atoms with Crippen LogP contribution in [0.1, 0.15) is 34.8 Å². The van der Waals surface area contributed by atoms with Crippen molar-refractivity contribution in [2.75, 3.05) is 6.54 Å². The van der Waals surface area contributed by atoms with Crippen LogP contribution in [0.4, 0.5) is 8.78 Å². The molecule has 0 amide bonds. The summed E-state index contributed by atoms with van der Waals surface area (Å²) in [7, 11) is 0. The zero-order chi connectivity index (χ0) is 18.1. The van der Waals surface area contributed by atoms with Crippen LogP contribution in [0.25, 0.3) is 0 Å². The molecule has 0 fully saturated rings. The van der Waals surface area contributed by atoms with E-state index in [1.165, 1.54) is 29.5 Å². The quantitative estimate of drug-likeness (QED) is 0.639. The van der Waals surface area contributed by atoms with Crippen LogP contribution in [-0.4, -0.2) is 16.0 Å². The third kappa shape index (κ3) is 3.17. The number of aryl methyl sites for hydroxylation is 2. The van der Waals surface area contributed by atoms with Crippen molar-refractivity contribution >= 4 is 0 Å². The summed E-state index contributed by atoms with van der Waals surface area (Å²) in [6.45, 7) is 4.02. The molecular formula is C22H22F2N2. The lowest BCUT2D eigenvalue weighted by Gasteiger charge is -2.31. The number of halogens is 2. The smallest absolute Gasteiger partial charge is 0.130 e. The van der Waals surface area contributed by atoms with E-state index in [2.05, 4.69) is 52.9 Å². The molecule has 0 spiro atoms. The molecule has 2 heterocycles. The average molecular weight is 352 g/mol. The van der Waals surface area contributed by atoms with Crippen molar-refractivity contribution in [2.45, 2.75) is 32.5 Å². The highest BCUT2D eigenvalue weighted by molar-refractivity contribution is 5.32. The normalized spacial score (nSPS) is 17.7. The lowest BCUT2D eigenvalue weighted by atomic mass is 9.99. The van der Waals surface area contributed by atoms with Gasteiger partial charge in [0, 0.05) is 37.1 Å². The summed E-state index contributed by atoms with van der Waals surface area (Å²) >= 11 is 0. The predicted molar refractivity (Wildman–Crippen MR) is 98.8 cm³/mol. The second-order valence-electron chi connectivity index (χ2n) is 6.96. The molecule has 1 atom stereocenters. The number of hydrogen-bond donors (Lipinski definition) is 0. The Balaban J connectivity index is 1.77. The van der Waals surface area contributed by atoms with Crippen LogP contribution in [0.5, 0.6) is 0 Å². The van der Waals surface area contributed by atoms with E-state index in [9.17, 15) is 8.78 Å². The summed E-state index contributed by atoms with van der Waals surface area (Å²) in [5.74, 6) is -0.959. The van der Waals surface area contributed by atoms with Crippen molar-refractivity contribution in [3.05, 3.63) is 94.8 Å². The second-order valence-corrected chi connectivity index (χ2v) is 6.96. The molecule has 1 aliphatic rings. The fraction of sp³-hybridized carbons (Fsp3) is 0.273. The van der Waals surface area contributed by atoms with Crippen LogP contribution < -0.4 is 0 Å². The Kier molecular flexibility index (Phi) is 4.60. The molecule has 0 aliphatic carbocycles. The average Bonchev–Trinajstić information content (AvgIpc) is 3.01. The van der Waals surface area contributed by atoms with Gasteiger partial charge in [-0.2, -0.15) is 0 Å². The van der Waals surface area contributed by atoms with E-state index in [4.69, 9.17) is 0 Å². The highest BCUT2D eigenvalue weighted by atomic mass is 19.1. The Morgan fingerprint density at radius 3 is 2.38 bits per heavy atom. The fourth-order valence-electron chi connectivity index (χ4n) is 3.83. The van der Waals surface area contributed by atoms with Gasteiger partial charge in [0.25, 0.3) is 0 Å². The Morgan fingerprint density at radius 1 is 0.923 bits per heavy atom. The maximum Gasteiger partial charge on any atom is 0.130 e. The summed E-state index contributed by atoms with van der Waals surface area (Å²) in [4.78, 5) is 2.19. The molecule has 26 heavy (non-hydrogen) atoms. The Hall–Kier alpha value is -2.46.